The van der Waals surface area contributed by atoms with Crippen molar-refractivity contribution in [2.75, 3.05) is 6.61 Å². The van der Waals surface area contributed by atoms with Crippen LogP contribution < -0.4 is 10.1 Å². The van der Waals surface area contributed by atoms with Crippen LogP contribution in [0.5, 0.6) is 5.88 Å². The second-order valence-corrected chi connectivity index (χ2v) is 6.44. The van der Waals surface area contributed by atoms with Gasteiger partial charge in [-0.1, -0.05) is 13.8 Å². The normalized spacial score (nSPS) is 13.1. The maximum absolute atomic E-state index is 12.2. The fourth-order valence-corrected chi connectivity index (χ4v) is 1.85. The average Bonchev–Trinajstić information content (AvgIpc) is 2.36. The number of amides is 1. The highest BCUT2D eigenvalue weighted by molar-refractivity contribution is 5.94. The maximum atomic E-state index is 12.2. The van der Waals surface area contributed by atoms with Crippen molar-refractivity contribution in [1.82, 2.24) is 10.3 Å². The fourth-order valence-electron chi connectivity index (χ4n) is 1.85. The molecular formula is C16H26N2O3. The van der Waals surface area contributed by atoms with Crippen LogP contribution in [0, 0.1) is 5.92 Å². The molecule has 5 heteroatoms. The van der Waals surface area contributed by atoms with Crippen LogP contribution in [0.1, 0.15) is 51.4 Å². The summed E-state index contributed by atoms with van der Waals surface area (Å²) in [6.45, 7) is 9.91. The monoisotopic (exact) mass is 294 g/mol. The molecule has 1 heterocycles. The molecule has 1 rings (SSSR count). The van der Waals surface area contributed by atoms with Crippen LogP contribution in [0.25, 0.3) is 0 Å². The smallest absolute Gasteiger partial charge is 0.253 e. The van der Waals surface area contributed by atoms with Gasteiger partial charge in [0.25, 0.3) is 5.91 Å². The number of carbonyl (C=O) groups is 1. The summed E-state index contributed by atoms with van der Waals surface area (Å²) < 4.78 is 5.62. The van der Waals surface area contributed by atoms with Gasteiger partial charge in [0.1, 0.15) is 5.60 Å². The van der Waals surface area contributed by atoms with Crippen LogP contribution in [0.4, 0.5) is 0 Å². The molecule has 0 saturated carbocycles. The molecule has 2 N–H and O–H groups in total. The Morgan fingerprint density at radius 3 is 2.48 bits per heavy atom. The van der Waals surface area contributed by atoms with Gasteiger partial charge in [0, 0.05) is 24.9 Å². The zero-order valence-electron chi connectivity index (χ0n) is 13.5. The molecule has 1 amide bonds. The lowest BCUT2D eigenvalue weighted by molar-refractivity contribution is 0.0916. The third kappa shape index (κ3) is 6.12. The summed E-state index contributed by atoms with van der Waals surface area (Å²) in [7, 11) is 0. The molecule has 1 aromatic rings. The maximum Gasteiger partial charge on any atom is 0.253 e. The van der Waals surface area contributed by atoms with Crippen molar-refractivity contribution in [2.45, 2.75) is 52.7 Å². The summed E-state index contributed by atoms with van der Waals surface area (Å²) in [5.41, 5.74) is 0.167. The standard InChI is InChI=1S/C16H26N2O3/c1-11(2)13(8-9-19)18-15(20)12-6-7-14(17-10-12)21-16(3,4)5/h6-7,10-11,13,19H,8-9H2,1-5H3,(H,18,20). The van der Waals surface area contributed by atoms with Gasteiger partial charge in [-0.3, -0.25) is 4.79 Å². The van der Waals surface area contributed by atoms with E-state index in [0.29, 0.717) is 17.9 Å². The van der Waals surface area contributed by atoms with E-state index in [4.69, 9.17) is 9.84 Å². The zero-order chi connectivity index (χ0) is 16.0. The molecule has 0 aliphatic heterocycles. The van der Waals surface area contributed by atoms with Gasteiger partial charge in [0.05, 0.1) is 5.56 Å². The molecule has 1 unspecified atom stereocenters. The Balaban J connectivity index is 2.70. The Hall–Kier alpha value is -1.62. The van der Waals surface area contributed by atoms with Crippen LogP contribution in [-0.4, -0.2) is 34.2 Å². The molecule has 0 aliphatic rings. The molecule has 1 aromatic heterocycles. The lowest BCUT2D eigenvalue weighted by atomic mass is 10.0. The van der Waals surface area contributed by atoms with E-state index in [0.717, 1.165) is 0 Å². The summed E-state index contributed by atoms with van der Waals surface area (Å²) in [4.78, 5) is 16.3. The quantitative estimate of drug-likeness (QED) is 0.845. The van der Waals surface area contributed by atoms with Gasteiger partial charge in [-0.15, -0.1) is 0 Å². The van der Waals surface area contributed by atoms with Gasteiger partial charge < -0.3 is 15.2 Å². The first-order chi connectivity index (χ1) is 9.73. The summed E-state index contributed by atoms with van der Waals surface area (Å²) >= 11 is 0. The zero-order valence-corrected chi connectivity index (χ0v) is 13.5. The van der Waals surface area contributed by atoms with Crippen LogP contribution in [-0.2, 0) is 0 Å². The van der Waals surface area contributed by atoms with E-state index in [-0.39, 0.29) is 30.1 Å². The van der Waals surface area contributed by atoms with Crippen LogP contribution in [0.3, 0.4) is 0 Å². The second-order valence-electron chi connectivity index (χ2n) is 6.44. The van der Waals surface area contributed by atoms with Crippen molar-refractivity contribution in [3.05, 3.63) is 23.9 Å². The second kappa shape index (κ2) is 7.41. The summed E-state index contributed by atoms with van der Waals surface area (Å²) in [5.74, 6) is 0.573. The van der Waals surface area contributed by atoms with E-state index >= 15 is 0 Å². The topological polar surface area (TPSA) is 71.5 Å². The number of hydrogen-bond donors (Lipinski definition) is 2. The molecule has 0 bridgehead atoms. The summed E-state index contributed by atoms with van der Waals surface area (Å²) in [6.07, 6.45) is 2.05. The largest absolute Gasteiger partial charge is 0.472 e. The van der Waals surface area contributed by atoms with Gasteiger partial charge in [-0.05, 0) is 39.2 Å². The van der Waals surface area contributed by atoms with E-state index in [1.165, 1.54) is 6.20 Å². The molecular weight excluding hydrogens is 268 g/mol. The van der Waals surface area contributed by atoms with E-state index < -0.39 is 0 Å². The summed E-state index contributed by atoms with van der Waals surface area (Å²) in [5, 5.41) is 12.0. The highest BCUT2D eigenvalue weighted by Crippen LogP contribution is 2.15. The molecule has 118 valence electrons. The Kier molecular flexibility index (Phi) is 6.15. The Bertz CT molecular complexity index is 450. The Labute approximate surface area is 126 Å². The highest BCUT2D eigenvalue weighted by Gasteiger charge is 2.17. The minimum atomic E-state index is -0.319. The van der Waals surface area contributed by atoms with Crippen molar-refractivity contribution in [3.63, 3.8) is 0 Å². The van der Waals surface area contributed by atoms with E-state index in [1.807, 2.05) is 34.6 Å². The van der Waals surface area contributed by atoms with Crippen molar-refractivity contribution in [3.8, 4) is 5.88 Å². The van der Waals surface area contributed by atoms with Gasteiger partial charge >= 0.3 is 0 Å². The molecule has 0 aromatic carbocycles. The van der Waals surface area contributed by atoms with Gasteiger partial charge in [0.15, 0.2) is 0 Å². The molecule has 0 fully saturated rings. The predicted molar refractivity (Wildman–Crippen MR) is 82.4 cm³/mol. The number of aliphatic hydroxyl groups excluding tert-OH is 1. The SMILES string of the molecule is CC(C)C(CCO)NC(=O)c1ccc(OC(C)(C)C)nc1. The van der Waals surface area contributed by atoms with Crippen LogP contribution in [0.2, 0.25) is 0 Å². The molecule has 0 aliphatic carbocycles. The van der Waals surface area contributed by atoms with Crippen LogP contribution >= 0.6 is 0 Å². The minimum Gasteiger partial charge on any atom is -0.472 e. The van der Waals surface area contributed by atoms with Gasteiger partial charge in [-0.25, -0.2) is 4.98 Å². The number of aromatic nitrogens is 1. The van der Waals surface area contributed by atoms with E-state index in [2.05, 4.69) is 10.3 Å². The van der Waals surface area contributed by atoms with Crippen molar-refractivity contribution < 1.29 is 14.6 Å². The third-order valence-corrected chi connectivity index (χ3v) is 2.97. The fraction of sp³-hybridized carbons (Fsp3) is 0.625. The molecule has 0 saturated heterocycles. The highest BCUT2D eigenvalue weighted by atomic mass is 16.5. The first-order valence-corrected chi connectivity index (χ1v) is 7.29. The van der Waals surface area contributed by atoms with Gasteiger partial charge in [0.2, 0.25) is 5.88 Å². The number of nitrogens with zero attached hydrogens (tertiary/aromatic N) is 1. The number of pyridine rings is 1. The molecule has 1 atom stereocenters. The Morgan fingerprint density at radius 1 is 1.38 bits per heavy atom. The summed E-state index contributed by atoms with van der Waals surface area (Å²) in [6, 6.07) is 3.34. The van der Waals surface area contributed by atoms with Crippen molar-refractivity contribution in [2.24, 2.45) is 5.92 Å². The molecule has 0 radical (unpaired) electrons. The van der Waals surface area contributed by atoms with E-state index in [1.54, 1.807) is 12.1 Å². The number of ether oxygens (including phenoxy) is 1. The van der Waals surface area contributed by atoms with Crippen LogP contribution in [0.15, 0.2) is 18.3 Å². The average molecular weight is 294 g/mol. The molecule has 5 nitrogen and oxygen atoms in total. The third-order valence-electron chi connectivity index (χ3n) is 2.97. The number of aliphatic hydroxyl groups is 1. The van der Waals surface area contributed by atoms with Gasteiger partial charge in [-0.2, -0.15) is 0 Å². The lowest BCUT2D eigenvalue weighted by Crippen LogP contribution is -2.39. The van der Waals surface area contributed by atoms with Crippen molar-refractivity contribution >= 4 is 5.91 Å². The first kappa shape index (κ1) is 17.4. The minimum absolute atomic E-state index is 0.0481. The first-order valence-electron chi connectivity index (χ1n) is 7.29. The number of hydrogen-bond acceptors (Lipinski definition) is 4. The predicted octanol–water partition coefficient (Wildman–Crippen LogP) is 2.40. The molecule has 0 spiro atoms. The number of nitrogens with one attached hydrogen (secondary N) is 1. The lowest BCUT2D eigenvalue weighted by Gasteiger charge is -2.22. The number of carbonyl (C=O) groups excluding carboxylic acids is 1. The van der Waals surface area contributed by atoms with E-state index in [9.17, 15) is 4.79 Å². The molecule has 21 heavy (non-hydrogen) atoms. The van der Waals surface area contributed by atoms with Crippen molar-refractivity contribution in [1.29, 1.82) is 0 Å². The Morgan fingerprint density at radius 2 is 2.05 bits per heavy atom. The number of rotatable bonds is 6.